The van der Waals surface area contributed by atoms with Crippen molar-refractivity contribution in [3.05, 3.63) is 0 Å². The third-order valence-electron chi connectivity index (χ3n) is 4.30. The molecule has 3 aliphatic heterocycles. The molecule has 0 aromatic carbocycles. The summed E-state index contributed by atoms with van der Waals surface area (Å²) in [7, 11) is 0. The highest BCUT2D eigenvalue weighted by Gasteiger charge is 2.41. The van der Waals surface area contributed by atoms with Gasteiger partial charge in [0.1, 0.15) is 6.61 Å². The number of nitrogens with zero attached hydrogens (tertiary/aromatic N) is 1. The Kier molecular flexibility index (Phi) is 3.54. The van der Waals surface area contributed by atoms with Crippen LogP contribution < -0.4 is 5.32 Å². The summed E-state index contributed by atoms with van der Waals surface area (Å²) in [5, 5.41) is 3.35. The lowest BCUT2D eigenvalue weighted by Crippen LogP contribution is -2.59. The number of hydrogen-bond acceptors (Lipinski definition) is 4. The van der Waals surface area contributed by atoms with Gasteiger partial charge < -0.3 is 19.7 Å². The normalized spacial score (nSPS) is 32.1. The summed E-state index contributed by atoms with van der Waals surface area (Å²) in [5.74, 6) is 0.120. The minimum absolute atomic E-state index is 0.0994. The second-order valence-electron chi connectivity index (χ2n) is 5.63. The summed E-state index contributed by atoms with van der Waals surface area (Å²) < 4.78 is 11.5. The molecule has 0 bridgehead atoms. The van der Waals surface area contributed by atoms with Crippen LogP contribution in [0.4, 0.5) is 0 Å². The van der Waals surface area contributed by atoms with Crippen LogP contribution in [-0.2, 0) is 14.3 Å². The second kappa shape index (κ2) is 5.15. The van der Waals surface area contributed by atoms with E-state index in [2.05, 4.69) is 5.32 Å². The van der Waals surface area contributed by atoms with Crippen LogP contribution in [0.2, 0.25) is 0 Å². The molecule has 3 rings (SSSR count). The molecule has 0 saturated carbocycles. The maximum absolute atomic E-state index is 11.9. The van der Waals surface area contributed by atoms with E-state index >= 15 is 0 Å². The zero-order valence-corrected chi connectivity index (χ0v) is 10.8. The lowest BCUT2D eigenvalue weighted by molar-refractivity contribution is -0.170. The van der Waals surface area contributed by atoms with Gasteiger partial charge in [-0.3, -0.25) is 4.79 Å². The van der Waals surface area contributed by atoms with Crippen LogP contribution in [0.5, 0.6) is 0 Å². The Labute approximate surface area is 108 Å². The minimum atomic E-state index is -0.0994. The molecule has 0 unspecified atom stereocenters. The van der Waals surface area contributed by atoms with Crippen LogP contribution in [0.15, 0.2) is 0 Å². The van der Waals surface area contributed by atoms with Crippen molar-refractivity contribution in [1.29, 1.82) is 0 Å². The summed E-state index contributed by atoms with van der Waals surface area (Å²) >= 11 is 0. The van der Waals surface area contributed by atoms with Crippen LogP contribution in [0, 0.1) is 0 Å². The maximum atomic E-state index is 11.9. The predicted molar refractivity (Wildman–Crippen MR) is 66.3 cm³/mol. The summed E-state index contributed by atoms with van der Waals surface area (Å²) in [6.07, 6.45) is 4.45. The van der Waals surface area contributed by atoms with Crippen LogP contribution in [0.3, 0.4) is 0 Å². The fourth-order valence-electron chi connectivity index (χ4n) is 3.17. The third kappa shape index (κ3) is 2.53. The molecule has 1 atom stereocenters. The average Bonchev–Trinajstić information content (AvgIpc) is 2.88. The zero-order chi connectivity index (χ0) is 12.4. The summed E-state index contributed by atoms with van der Waals surface area (Å²) in [6, 6.07) is 0. The summed E-state index contributed by atoms with van der Waals surface area (Å²) in [5.41, 5.74) is -0.0994. The molecule has 3 saturated heterocycles. The lowest BCUT2D eigenvalue weighted by atomic mass is 9.90. The fourth-order valence-corrected chi connectivity index (χ4v) is 3.17. The van der Waals surface area contributed by atoms with E-state index in [1.165, 1.54) is 0 Å². The van der Waals surface area contributed by atoms with Gasteiger partial charge in [-0.25, -0.2) is 0 Å². The average molecular weight is 254 g/mol. The van der Waals surface area contributed by atoms with E-state index in [9.17, 15) is 4.79 Å². The molecule has 18 heavy (non-hydrogen) atoms. The first kappa shape index (κ1) is 12.4. The molecule has 1 N–H and O–H groups in total. The number of hydrogen-bond donors (Lipinski definition) is 1. The van der Waals surface area contributed by atoms with Gasteiger partial charge >= 0.3 is 0 Å². The lowest BCUT2D eigenvalue weighted by Gasteiger charge is -2.45. The largest absolute Gasteiger partial charge is 0.376 e. The Morgan fingerprint density at radius 1 is 1.39 bits per heavy atom. The molecule has 3 heterocycles. The van der Waals surface area contributed by atoms with Gasteiger partial charge in [0.05, 0.1) is 11.7 Å². The Balaban J connectivity index is 1.62. The van der Waals surface area contributed by atoms with Crippen molar-refractivity contribution >= 4 is 5.91 Å². The molecule has 0 aliphatic carbocycles. The number of carbonyl (C=O) groups excluding carboxylic acids is 1. The van der Waals surface area contributed by atoms with Gasteiger partial charge in [-0.05, 0) is 38.8 Å². The van der Waals surface area contributed by atoms with Crippen molar-refractivity contribution in [2.75, 3.05) is 39.4 Å². The molecular weight excluding hydrogens is 232 g/mol. The molecule has 1 amide bonds. The van der Waals surface area contributed by atoms with Gasteiger partial charge in [0, 0.05) is 19.7 Å². The highest BCUT2D eigenvalue weighted by atomic mass is 16.5. The van der Waals surface area contributed by atoms with Gasteiger partial charge in [-0.15, -0.1) is 0 Å². The van der Waals surface area contributed by atoms with Crippen LogP contribution in [-0.4, -0.2) is 61.9 Å². The molecule has 5 heteroatoms. The topological polar surface area (TPSA) is 50.8 Å². The van der Waals surface area contributed by atoms with Crippen molar-refractivity contribution in [2.24, 2.45) is 0 Å². The highest BCUT2D eigenvalue weighted by Crippen LogP contribution is 2.28. The van der Waals surface area contributed by atoms with E-state index in [1.54, 1.807) is 0 Å². The molecule has 1 spiro atoms. The molecule has 102 valence electrons. The molecular formula is C13H22N2O3. The van der Waals surface area contributed by atoms with E-state index < -0.39 is 0 Å². The molecule has 0 aromatic rings. The van der Waals surface area contributed by atoms with Gasteiger partial charge in [0.2, 0.25) is 5.91 Å². The number of carbonyl (C=O) groups is 1. The minimum Gasteiger partial charge on any atom is -0.376 e. The second-order valence-corrected chi connectivity index (χ2v) is 5.63. The monoisotopic (exact) mass is 254 g/mol. The van der Waals surface area contributed by atoms with E-state index in [-0.39, 0.29) is 24.2 Å². The number of morpholine rings is 1. The fraction of sp³-hybridized carbons (Fsp3) is 0.923. The van der Waals surface area contributed by atoms with E-state index in [4.69, 9.17) is 9.47 Å². The first-order chi connectivity index (χ1) is 8.77. The van der Waals surface area contributed by atoms with Crippen molar-refractivity contribution in [2.45, 2.75) is 37.4 Å². The van der Waals surface area contributed by atoms with Gasteiger partial charge in [0.25, 0.3) is 0 Å². The highest BCUT2D eigenvalue weighted by molar-refractivity contribution is 5.78. The number of rotatable bonds is 2. The quantitative estimate of drug-likeness (QED) is 0.762. The van der Waals surface area contributed by atoms with Gasteiger partial charge in [0.15, 0.2) is 0 Å². The Morgan fingerprint density at radius 3 is 2.94 bits per heavy atom. The molecule has 5 nitrogen and oxygen atoms in total. The Hall–Kier alpha value is -0.650. The van der Waals surface area contributed by atoms with Crippen molar-refractivity contribution in [3.8, 4) is 0 Å². The third-order valence-corrected chi connectivity index (χ3v) is 4.30. The predicted octanol–water partition coefficient (Wildman–Crippen LogP) is 0.146. The van der Waals surface area contributed by atoms with Crippen molar-refractivity contribution < 1.29 is 14.3 Å². The van der Waals surface area contributed by atoms with Crippen molar-refractivity contribution in [3.63, 3.8) is 0 Å². The van der Waals surface area contributed by atoms with Crippen LogP contribution in [0.1, 0.15) is 25.7 Å². The summed E-state index contributed by atoms with van der Waals surface area (Å²) in [6.45, 7) is 4.56. The number of amides is 1. The van der Waals surface area contributed by atoms with Gasteiger partial charge in [-0.2, -0.15) is 0 Å². The van der Waals surface area contributed by atoms with Gasteiger partial charge in [-0.1, -0.05) is 0 Å². The standard InChI is InChI=1S/C13H22N2O3/c16-12-9-18-13(3-5-14-6-4-13)10-15(12)8-11-2-1-7-17-11/h11,14H,1-10H2/t11-/m0/s1. The number of ether oxygens (including phenoxy) is 2. The Bertz CT molecular complexity index is 309. The van der Waals surface area contributed by atoms with Crippen molar-refractivity contribution in [1.82, 2.24) is 10.2 Å². The molecule has 0 radical (unpaired) electrons. The number of nitrogens with one attached hydrogen (secondary N) is 1. The smallest absolute Gasteiger partial charge is 0.248 e. The SMILES string of the molecule is O=C1COC2(CCNCC2)CN1C[C@@H]1CCCO1. The van der Waals surface area contributed by atoms with Crippen LogP contribution >= 0.6 is 0 Å². The zero-order valence-electron chi connectivity index (χ0n) is 10.8. The van der Waals surface area contributed by atoms with E-state index in [0.717, 1.165) is 58.5 Å². The first-order valence-corrected chi connectivity index (χ1v) is 7.02. The maximum Gasteiger partial charge on any atom is 0.248 e. The van der Waals surface area contributed by atoms with E-state index in [1.807, 2.05) is 4.90 Å². The number of piperidine rings is 1. The van der Waals surface area contributed by atoms with E-state index in [0.29, 0.717) is 0 Å². The van der Waals surface area contributed by atoms with Crippen LogP contribution in [0.25, 0.3) is 0 Å². The Morgan fingerprint density at radius 2 is 2.22 bits per heavy atom. The molecule has 3 fully saturated rings. The first-order valence-electron chi connectivity index (χ1n) is 7.02. The molecule has 0 aromatic heterocycles. The molecule has 3 aliphatic rings. The summed E-state index contributed by atoms with van der Waals surface area (Å²) in [4.78, 5) is 13.9.